The lowest BCUT2D eigenvalue weighted by Crippen LogP contribution is -2.36. The van der Waals surface area contributed by atoms with Crippen LogP contribution in [0.1, 0.15) is 29.2 Å². The van der Waals surface area contributed by atoms with E-state index in [0.29, 0.717) is 12.4 Å². The average Bonchev–Trinajstić information content (AvgIpc) is 3.00. The minimum atomic E-state index is -0.245. The third-order valence-electron chi connectivity index (χ3n) is 2.92. The number of amides is 1. The van der Waals surface area contributed by atoms with Crippen molar-refractivity contribution in [2.24, 2.45) is 5.84 Å². The molecule has 0 aliphatic rings. The number of rotatable bonds is 5. The number of aromatic nitrogens is 2. The average molecular weight is 291 g/mol. The lowest BCUT2D eigenvalue weighted by Gasteiger charge is -2.23. The lowest BCUT2D eigenvalue weighted by atomic mass is 9.91. The number of nitrogen functional groups attached to an aromatic ring is 1. The Morgan fingerprint density at radius 3 is 2.70 bits per heavy atom. The summed E-state index contributed by atoms with van der Waals surface area (Å²) in [5.74, 6) is 5.37. The Bertz CT molecular complexity index is 565. The van der Waals surface area contributed by atoms with Crippen molar-refractivity contribution in [3.8, 4) is 0 Å². The Balaban J connectivity index is 1.98. The van der Waals surface area contributed by atoms with E-state index in [1.807, 2.05) is 11.4 Å². The molecule has 2 aromatic heterocycles. The molecule has 0 radical (unpaired) electrons. The Morgan fingerprint density at radius 2 is 2.15 bits per heavy atom. The Kier molecular flexibility index (Phi) is 4.31. The summed E-state index contributed by atoms with van der Waals surface area (Å²) in [5, 5.41) is 12.5. The molecule has 2 rings (SSSR count). The van der Waals surface area contributed by atoms with Crippen molar-refractivity contribution in [1.82, 2.24) is 15.5 Å². The topological polar surface area (TPSA) is 92.9 Å². The first-order valence-corrected chi connectivity index (χ1v) is 7.03. The highest BCUT2D eigenvalue weighted by molar-refractivity contribution is 7.10. The maximum absolute atomic E-state index is 12.0. The highest BCUT2D eigenvalue weighted by Crippen LogP contribution is 2.26. The highest BCUT2D eigenvalue weighted by atomic mass is 32.1. The quantitative estimate of drug-likeness (QED) is 0.574. The second-order valence-electron chi connectivity index (χ2n) is 4.99. The molecule has 0 fully saturated rings. The first-order valence-electron chi connectivity index (χ1n) is 6.15. The molecule has 0 aromatic carbocycles. The van der Waals surface area contributed by atoms with E-state index in [0.717, 1.165) is 0 Å². The Hall–Kier alpha value is -1.99. The first-order chi connectivity index (χ1) is 9.53. The van der Waals surface area contributed by atoms with Gasteiger partial charge in [0, 0.05) is 16.8 Å². The van der Waals surface area contributed by atoms with Gasteiger partial charge in [-0.3, -0.25) is 4.79 Å². The molecule has 1 amide bonds. The summed E-state index contributed by atoms with van der Waals surface area (Å²) in [5.41, 5.74) is 2.52. The van der Waals surface area contributed by atoms with Gasteiger partial charge in [0.25, 0.3) is 5.91 Å². The number of nitrogens with zero attached hydrogens (tertiary/aromatic N) is 2. The molecule has 0 unspecified atom stereocenters. The van der Waals surface area contributed by atoms with E-state index in [-0.39, 0.29) is 17.0 Å². The molecule has 2 heterocycles. The van der Waals surface area contributed by atoms with Crippen LogP contribution in [0, 0.1) is 0 Å². The van der Waals surface area contributed by atoms with Crippen LogP contribution in [0.4, 0.5) is 5.82 Å². The van der Waals surface area contributed by atoms with Crippen molar-refractivity contribution in [2.45, 2.75) is 19.3 Å². The van der Waals surface area contributed by atoms with Crippen molar-refractivity contribution >= 4 is 23.1 Å². The summed E-state index contributed by atoms with van der Waals surface area (Å²) in [6, 6.07) is 7.26. The Labute approximate surface area is 121 Å². The van der Waals surface area contributed by atoms with Crippen molar-refractivity contribution in [2.75, 3.05) is 12.0 Å². The summed E-state index contributed by atoms with van der Waals surface area (Å²) in [4.78, 5) is 13.2. The molecule has 0 aliphatic heterocycles. The summed E-state index contributed by atoms with van der Waals surface area (Å²) >= 11 is 1.68. The smallest absolute Gasteiger partial charge is 0.271 e. The Morgan fingerprint density at radius 1 is 1.35 bits per heavy atom. The van der Waals surface area contributed by atoms with Gasteiger partial charge in [-0.15, -0.1) is 21.5 Å². The van der Waals surface area contributed by atoms with E-state index in [1.54, 1.807) is 23.5 Å². The zero-order valence-electron chi connectivity index (χ0n) is 11.4. The molecule has 0 atom stereocenters. The number of nitrogens with two attached hydrogens (primary N) is 1. The standard InChI is InChI=1S/C13H17N5OS/c1-13(2,10-4-3-7-20-10)8-15-12(19)9-5-6-11(16-14)18-17-9/h3-7H,8,14H2,1-2H3,(H,15,19)(H,16,18). The SMILES string of the molecule is CC(C)(CNC(=O)c1ccc(NN)nn1)c1cccs1. The van der Waals surface area contributed by atoms with Crippen LogP contribution < -0.4 is 16.6 Å². The second-order valence-corrected chi connectivity index (χ2v) is 5.94. The van der Waals surface area contributed by atoms with Crippen LogP contribution in [0.15, 0.2) is 29.6 Å². The van der Waals surface area contributed by atoms with E-state index >= 15 is 0 Å². The molecule has 0 saturated heterocycles. The number of anilines is 1. The number of hydrogen-bond donors (Lipinski definition) is 3. The molecule has 0 bridgehead atoms. The zero-order chi connectivity index (χ0) is 14.6. The maximum Gasteiger partial charge on any atom is 0.271 e. The van der Waals surface area contributed by atoms with Crippen LogP contribution in [0.25, 0.3) is 0 Å². The van der Waals surface area contributed by atoms with Gasteiger partial charge in [-0.2, -0.15) is 0 Å². The van der Waals surface area contributed by atoms with Gasteiger partial charge < -0.3 is 10.7 Å². The predicted octanol–water partition coefficient (Wildman–Crippen LogP) is 1.53. The number of nitrogens with one attached hydrogen (secondary N) is 2. The normalized spacial score (nSPS) is 11.2. The molecule has 106 valence electrons. The van der Waals surface area contributed by atoms with Gasteiger partial charge in [0.15, 0.2) is 11.5 Å². The minimum absolute atomic E-state index is 0.115. The molecule has 7 heteroatoms. The van der Waals surface area contributed by atoms with Gasteiger partial charge in [-0.05, 0) is 23.6 Å². The van der Waals surface area contributed by atoms with Gasteiger partial charge >= 0.3 is 0 Å². The largest absolute Gasteiger partial charge is 0.350 e. The van der Waals surface area contributed by atoms with Gasteiger partial charge in [-0.25, -0.2) is 5.84 Å². The van der Waals surface area contributed by atoms with Gasteiger partial charge in [0.1, 0.15) is 0 Å². The van der Waals surface area contributed by atoms with Crippen LogP contribution in [0.2, 0.25) is 0 Å². The maximum atomic E-state index is 12.0. The first kappa shape index (κ1) is 14.4. The number of carbonyl (C=O) groups is 1. The monoisotopic (exact) mass is 291 g/mol. The lowest BCUT2D eigenvalue weighted by molar-refractivity contribution is 0.0940. The predicted molar refractivity (Wildman–Crippen MR) is 79.5 cm³/mol. The van der Waals surface area contributed by atoms with Gasteiger partial charge in [-0.1, -0.05) is 19.9 Å². The molecule has 2 aromatic rings. The number of carbonyl (C=O) groups excluding carboxylic acids is 1. The number of hydrazine groups is 1. The van der Waals surface area contributed by atoms with Crippen molar-refractivity contribution in [3.63, 3.8) is 0 Å². The van der Waals surface area contributed by atoms with Crippen molar-refractivity contribution in [1.29, 1.82) is 0 Å². The third-order valence-corrected chi connectivity index (χ3v) is 4.16. The minimum Gasteiger partial charge on any atom is -0.350 e. The van der Waals surface area contributed by atoms with Crippen molar-refractivity contribution < 1.29 is 4.79 Å². The number of hydrogen-bond acceptors (Lipinski definition) is 6. The molecular weight excluding hydrogens is 274 g/mol. The second kappa shape index (κ2) is 5.98. The molecule has 6 nitrogen and oxygen atoms in total. The molecule has 4 N–H and O–H groups in total. The molecule has 20 heavy (non-hydrogen) atoms. The molecule has 0 aliphatic carbocycles. The summed E-state index contributed by atoms with van der Waals surface area (Å²) in [6.07, 6.45) is 0. The van der Waals surface area contributed by atoms with Crippen LogP contribution in [0.5, 0.6) is 0 Å². The van der Waals surface area contributed by atoms with E-state index in [4.69, 9.17) is 5.84 Å². The summed E-state index contributed by atoms with van der Waals surface area (Å²) in [6.45, 7) is 4.71. The van der Waals surface area contributed by atoms with E-state index in [1.165, 1.54) is 4.88 Å². The van der Waals surface area contributed by atoms with E-state index in [2.05, 4.69) is 40.9 Å². The fourth-order valence-electron chi connectivity index (χ4n) is 1.67. The summed E-state index contributed by atoms with van der Waals surface area (Å²) in [7, 11) is 0. The van der Waals surface area contributed by atoms with Gasteiger partial charge in [0.05, 0.1) is 0 Å². The van der Waals surface area contributed by atoms with E-state index < -0.39 is 0 Å². The molecule has 0 spiro atoms. The number of thiophene rings is 1. The van der Waals surface area contributed by atoms with Crippen LogP contribution in [0.3, 0.4) is 0 Å². The summed E-state index contributed by atoms with van der Waals surface area (Å²) < 4.78 is 0. The van der Waals surface area contributed by atoms with Gasteiger partial charge in [0.2, 0.25) is 0 Å². The van der Waals surface area contributed by atoms with Crippen LogP contribution in [-0.4, -0.2) is 22.6 Å². The fraction of sp³-hybridized carbons (Fsp3) is 0.308. The van der Waals surface area contributed by atoms with Crippen LogP contribution >= 0.6 is 11.3 Å². The third kappa shape index (κ3) is 3.31. The zero-order valence-corrected chi connectivity index (χ0v) is 12.2. The van der Waals surface area contributed by atoms with E-state index in [9.17, 15) is 4.79 Å². The van der Waals surface area contributed by atoms with Crippen LogP contribution in [-0.2, 0) is 5.41 Å². The fourth-order valence-corrected chi connectivity index (χ4v) is 2.53. The highest BCUT2D eigenvalue weighted by Gasteiger charge is 2.23. The molecular formula is C13H17N5OS. The van der Waals surface area contributed by atoms with Crippen molar-refractivity contribution in [3.05, 3.63) is 40.2 Å². The molecule has 0 saturated carbocycles.